The van der Waals surface area contributed by atoms with Crippen molar-refractivity contribution >= 4 is 12.0 Å². The minimum absolute atomic E-state index is 0.0290. The van der Waals surface area contributed by atoms with Gasteiger partial charge in [-0.15, -0.1) is 0 Å². The van der Waals surface area contributed by atoms with Gasteiger partial charge in [-0.1, -0.05) is 60.7 Å². The fourth-order valence-corrected chi connectivity index (χ4v) is 4.62. The van der Waals surface area contributed by atoms with E-state index in [1.165, 1.54) is 5.56 Å². The highest BCUT2D eigenvalue weighted by Gasteiger charge is 2.43. The van der Waals surface area contributed by atoms with Gasteiger partial charge in [-0.2, -0.15) is 0 Å². The predicted octanol–water partition coefficient (Wildman–Crippen LogP) is 4.70. The normalized spacial score (nSPS) is 25.6. The highest BCUT2D eigenvalue weighted by Crippen LogP contribution is 2.38. The summed E-state index contributed by atoms with van der Waals surface area (Å²) in [7, 11) is 0. The molecule has 1 saturated carbocycles. The number of nitrogens with one attached hydrogen (secondary N) is 1. The molecule has 2 amide bonds. The summed E-state index contributed by atoms with van der Waals surface area (Å²) in [6, 6.07) is 20.7. The molecule has 2 aromatic carbocycles. The summed E-state index contributed by atoms with van der Waals surface area (Å²) in [5.41, 5.74) is 1.87. The minimum atomic E-state index is -0.557. The van der Waals surface area contributed by atoms with Crippen molar-refractivity contribution in [2.45, 2.75) is 57.1 Å². The lowest BCUT2D eigenvalue weighted by Gasteiger charge is -2.37. The first-order valence-corrected chi connectivity index (χ1v) is 11.2. The number of ether oxygens (including phenoxy) is 1. The molecule has 0 aromatic heterocycles. The van der Waals surface area contributed by atoms with E-state index >= 15 is 0 Å². The summed E-state index contributed by atoms with van der Waals surface area (Å²) in [6.45, 7) is 6.46. The fraction of sp³-hybridized carbons (Fsp3) is 0.462. The first kappa shape index (κ1) is 21.4. The van der Waals surface area contributed by atoms with E-state index < -0.39 is 5.60 Å². The first-order chi connectivity index (χ1) is 14.8. The van der Waals surface area contributed by atoms with Crippen LogP contribution in [0.3, 0.4) is 0 Å². The molecule has 0 radical (unpaired) electrons. The highest BCUT2D eigenvalue weighted by molar-refractivity contribution is 5.82. The number of hydrogen-bond donors (Lipinski definition) is 1. The van der Waals surface area contributed by atoms with Crippen molar-refractivity contribution in [1.82, 2.24) is 10.2 Å². The summed E-state index contributed by atoms with van der Waals surface area (Å²) >= 11 is 0. The van der Waals surface area contributed by atoms with Crippen molar-refractivity contribution in [1.29, 1.82) is 0 Å². The van der Waals surface area contributed by atoms with Gasteiger partial charge in [0, 0.05) is 25.0 Å². The lowest BCUT2D eigenvalue weighted by Crippen LogP contribution is -2.47. The maximum atomic E-state index is 13.2. The zero-order chi connectivity index (χ0) is 22.0. The Hall–Kier alpha value is -2.82. The second kappa shape index (κ2) is 8.74. The predicted molar refractivity (Wildman–Crippen MR) is 121 cm³/mol. The van der Waals surface area contributed by atoms with Gasteiger partial charge < -0.3 is 15.0 Å². The molecule has 2 aromatic rings. The van der Waals surface area contributed by atoms with Crippen LogP contribution in [0, 0.1) is 5.92 Å². The van der Waals surface area contributed by atoms with E-state index in [0.29, 0.717) is 19.0 Å². The van der Waals surface area contributed by atoms with E-state index in [2.05, 4.69) is 29.6 Å². The standard InChI is InChI=1S/C26H32N2O3/c1-26(2,3)31-25(30)28-16-22(19-12-8-5-9-13-19)23(17-28)24(29)27-21-14-20(15-21)18-10-6-4-7-11-18/h4-13,20-23H,14-17H2,1-3H3,(H,27,29)/t20-,21-,22-,23+/m0/s1. The topological polar surface area (TPSA) is 58.6 Å². The van der Waals surface area contributed by atoms with Gasteiger partial charge in [0.25, 0.3) is 0 Å². The monoisotopic (exact) mass is 420 g/mol. The number of benzene rings is 2. The average molecular weight is 421 g/mol. The molecule has 0 bridgehead atoms. The van der Waals surface area contributed by atoms with Crippen LogP contribution in [0.4, 0.5) is 4.79 Å². The van der Waals surface area contributed by atoms with Crippen LogP contribution >= 0.6 is 0 Å². The molecule has 31 heavy (non-hydrogen) atoms. The molecule has 1 N–H and O–H groups in total. The number of carbonyl (C=O) groups is 2. The third kappa shape index (κ3) is 5.09. The van der Waals surface area contributed by atoms with Gasteiger partial charge in [0.2, 0.25) is 5.91 Å². The summed E-state index contributed by atoms with van der Waals surface area (Å²) in [5.74, 6) is 0.249. The Morgan fingerprint density at radius 3 is 2.06 bits per heavy atom. The molecule has 5 heteroatoms. The molecule has 2 atom stereocenters. The Kier molecular flexibility index (Phi) is 6.03. The van der Waals surface area contributed by atoms with Gasteiger partial charge in [0.1, 0.15) is 5.60 Å². The Morgan fingerprint density at radius 2 is 1.48 bits per heavy atom. The molecule has 0 unspecified atom stereocenters. The summed E-state index contributed by atoms with van der Waals surface area (Å²) in [4.78, 5) is 27.6. The van der Waals surface area contributed by atoms with Crippen LogP contribution in [-0.4, -0.2) is 41.6 Å². The highest BCUT2D eigenvalue weighted by atomic mass is 16.6. The van der Waals surface area contributed by atoms with E-state index in [1.807, 2.05) is 57.2 Å². The maximum absolute atomic E-state index is 13.2. The zero-order valence-electron chi connectivity index (χ0n) is 18.6. The van der Waals surface area contributed by atoms with Crippen LogP contribution in [0.1, 0.15) is 56.6 Å². The maximum Gasteiger partial charge on any atom is 0.410 e. The van der Waals surface area contributed by atoms with Crippen LogP contribution in [0.5, 0.6) is 0 Å². The van der Waals surface area contributed by atoms with Crippen molar-refractivity contribution in [3.05, 3.63) is 71.8 Å². The lowest BCUT2D eigenvalue weighted by atomic mass is 9.75. The van der Waals surface area contributed by atoms with Gasteiger partial charge in [0.15, 0.2) is 0 Å². The lowest BCUT2D eigenvalue weighted by molar-refractivity contribution is -0.126. The number of carbonyl (C=O) groups excluding carboxylic acids is 2. The van der Waals surface area contributed by atoms with Crippen LogP contribution in [0.25, 0.3) is 0 Å². The van der Waals surface area contributed by atoms with Crippen molar-refractivity contribution < 1.29 is 14.3 Å². The molecule has 2 aliphatic rings. The molecule has 5 nitrogen and oxygen atoms in total. The minimum Gasteiger partial charge on any atom is -0.444 e. The molecule has 2 fully saturated rings. The van der Waals surface area contributed by atoms with E-state index in [0.717, 1.165) is 18.4 Å². The molecule has 1 aliphatic heterocycles. The molecule has 1 aliphatic carbocycles. The SMILES string of the molecule is CC(C)(C)OC(=O)N1C[C@@H](C(=O)N[C@H]2C[C@H](c3ccccc3)C2)[C@H](c2ccccc2)C1. The Morgan fingerprint density at radius 1 is 0.903 bits per heavy atom. The number of hydrogen-bond acceptors (Lipinski definition) is 3. The van der Waals surface area contributed by atoms with Crippen molar-refractivity contribution in [3.8, 4) is 0 Å². The molecule has 164 valence electrons. The second-order valence-electron chi connectivity index (χ2n) is 9.79. The van der Waals surface area contributed by atoms with Gasteiger partial charge >= 0.3 is 6.09 Å². The number of amides is 2. The van der Waals surface area contributed by atoms with E-state index in [1.54, 1.807) is 4.90 Å². The first-order valence-electron chi connectivity index (χ1n) is 11.2. The van der Waals surface area contributed by atoms with E-state index in [9.17, 15) is 9.59 Å². The number of nitrogens with zero attached hydrogens (tertiary/aromatic N) is 1. The van der Waals surface area contributed by atoms with E-state index in [-0.39, 0.29) is 29.9 Å². The average Bonchev–Trinajstić information content (AvgIpc) is 3.16. The summed E-state index contributed by atoms with van der Waals surface area (Å²) in [6.07, 6.45) is 1.58. The number of rotatable bonds is 4. The second-order valence-corrected chi connectivity index (χ2v) is 9.79. The zero-order valence-corrected chi connectivity index (χ0v) is 18.6. The molecule has 0 spiro atoms. The largest absolute Gasteiger partial charge is 0.444 e. The summed E-state index contributed by atoms with van der Waals surface area (Å²) < 4.78 is 5.57. The van der Waals surface area contributed by atoms with Crippen LogP contribution in [0.15, 0.2) is 60.7 Å². The Balaban J connectivity index is 1.41. The molecular formula is C26H32N2O3. The molecule has 4 rings (SSSR count). The third-order valence-electron chi connectivity index (χ3n) is 6.29. The van der Waals surface area contributed by atoms with Gasteiger partial charge in [0.05, 0.1) is 5.92 Å². The van der Waals surface area contributed by atoms with Gasteiger partial charge in [-0.3, -0.25) is 4.79 Å². The third-order valence-corrected chi connectivity index (χ3v) is 6.29. The molecule has 1 heterocycles. The Labute approximate surface area is 184 Å². The quantitative estimate of drug-likeness (QED) is 0.780. The Bertz CT molecular complexity index is 901. The molecule has 1 saturated heterocycles. The van der Waals surface area contributed by atoms with Crippen molar-refractivity contribution in [3.63, 3.8) is 0 Å². The number of likely N-dealkylation sites (tertiary alicyclic amines) is 1. The van der Waals surface area contributed by atoms with Gasteiger partial charge in [-0.25, -0.2) is 4.79 Å². The van der Waals surface area contributed by atoms with E-state index in [4.69, 9.17) is 4.74 Å². The summed E-state index contributed by atoms with van der Waals surface area (Å²) in [5, 5.41) is 3.25. The van der Waals surface area contributed by atoms with Gasteiger partial charge in [-0.05, 0) is 50.7 Å². The van der Waals surface area contributed by atoms with Crippen LogP contribution in [0.2, 0.25) is 0 Å². The van der Waals surface area contributed by atoms with Crippen LogP contribution in [-0.2, 0) is 9.53 Å². The van der Waals surface area contributed by atoms with Crippen LogP contribution < -0.4 is 5.32 Å². The smallest absolute Gasteiger partial charge is 0.410 e. The van der Waals surface area contributed by atoms with Crippen molar-refractivity contribution in [2.24, 2.45) is 5.92 Å². The fourth-order valence-electron chi connectivity index (χ4n) is 4.62. The van der Waals surface area contributed by atoms with Crippen molar-refractivity contribution in [2.75, 3.05) is 13.1 Å². The molecular weight excluding hydrogens is 388 g/mol.